The van der Waals surface area contributed by atoms with Crippen LogP contribution in [0.25, 0.3) is 0 Å². The fraction of sp³-hybridized carbons (Fsp3) is 0.250. The van der Waals surface area contributed by atoms with E-state index in [1.807, 2.05) is 30.3 Å². The summed E-state index contributed by atoms with van der Waals surface area (Å²) in [5.41, 5.74) is 4.37. The normalized spacial score (nSPS) is 14.9. The van der Waals surface area contributed by atoms with Crippen molar-refractivity contribution in [2.45, 2.75) is 39.7 Å². The summed E-state index contributed by atoms with van der Waals surface area (Å²) in [4.78, 5) is 27.3. The van der Waals surface area contributed by atoms with Gasteiger partial charge in [-0.1, -0.05) is 65.8 Å². The number of allylic oxidation sites excluding steroid dienone is 3. The van der Waals surface area contributed by atoms with E-state index in [4.69, 9.17) is 0 Å². The molecule has 1 heterocycles. The average molecular weight is 359 g/mol. The van der Waals surface area contributed by atoms with E-state index in [1.54, 1.807) is 24.3 Å². The molecule has 1 unspecified atom stereocenters. The topological polar surface area (TPSA) is 37.4 Å². The van der Waals surface area contributed by atoms with Gasteiger partial charge in [-0.05, 0) is 51.3 Å². The van der Waals surface area contributed by atoms with E-state index in [0.29, 0.717) is 11.1 Å². The molecule has 0 aliphatic carbocycles. The summed E-state index contributed by atoms with van der Waals surface area (Å²) in [6.07, 6.45) is 6.11. The molecule has 3 rings (SSSR count). The van der Waals surface area contributed by atoms with Crippen LogP contribution < -0.4 is 0 Å². The Balaban J connectivity index is 1.96. The summed E-state index contributed by atoms with van der Waals surface area (Å²) in [5, 5.41) is 0. The summed E-state index contributed by atoms with van der Waals surface area (Å²) in [6, 6.07) is 16.4. The van der Waals surface area contributed by atoms with Gasteiger partial charge in [0.1, 0.15) is 0 Å². The highest BCUT2D eigenvalue weighted by atomic mass is 16.2. The van der Waals surface area contributed by atoms with Crippen molar-refractivity contribution in [3.8, 4) is 0 Å². The standard InChI is InChI=1S/C24H25NO2/c1-17(2)10-9-11-18(3)16-22(19-12-5-4-6-13-19)25-23(26)20-14-7-8-15-21(20)24(25)27/h4-8,10,12-16,22H,9,11H2,1-3H3. The first kappa shape index (κ1) is 18.8. The minimum absolute atomic E-state index is 0.224. The lowest BCUT2D eigenvalue weighted by Gasteiger charge is -2.25. The van der Waals surface area contributed by atoms with E-state index in [0.717, 1.165) is 24.0 Å². The number of carbonyl (C=O) groups excluding carboxylic acids is 2. The minimum atomic E-state index is -0.398. The Morgan fingerprint density at radius 3 is 2.00 bits per heavy atom. The largest absolute Gasteiger partial charge is 0.269 e. The van der Waals surface area contributed by atoms with Gasteiger partial charge in [0.2, 0.25) is 0 Å². The zero-order valence-corrected chi connectivity index (χ0v) is 16.1. The molecule has 0 fully saturated rings. The van der Waals surface area contributed by atoms with E-state index in [9.17, 15) is 9.59 Å². The highest BCUT2D eigenvalue weighted by molar-refractivity contribution is 6.21. The zero-order valence-electron chi connectivity index (χ0n) is 16.1. The van der Waals surface area contributed by atoms with Crippen LogP contribution in [0, 0.1) is 0 Å². The third-order valence-electron chi connectivity index (χ3n) is 4.78. The molecule has 2 aromatic carbocycles. The van der Waals surface area contributed by atoms with Crippen LogP contribution in [-0.4, -0.2) is 16.7 Å². The predicted octanol–water partition coefficient (Wildman–Crippen LogP) is 5.72. The quantitative estimate of drug-likeness (QED) is 0.489. The number of nitrogens with zero attached hydrogens (tertiary/aromatic N) is 1. The molecule has 3 heteroatoms. The Morgan fingerprint density at radius 1 is 0.889 bits per heavy atom. The number of hydrogen-bond donors (Lipinski definition) is 0. The van der Waals surface area contributed by atoms with Crippen LogP contribution in [-0.2, 0) is 0 Å². The van der Waals surface area contributed by atoms with Gasteiger partial charge >= 0.3 is 0 Å². The van der Waals surface area contributed by atoms with E-state index in [1.165, 1.54) is 10.5 Å². The molecule has 138 valence electrons. The molecule has 0 saturated carbocycles. The summed E-state index contributed by atoms with van der Waals surface area (Å²) in [5.74, 6) is -0.449. The van der Waals surface area contributed by atoms with Gasteiger partial charge in [-0.15, -0.1) is 0 Å². The number of imide groups is 1. The fourth-order valence-corrected chi connectivity index (χ4v) is 3.37. The Labute approximate surface area is 161 Å². The second kappa shape index (κ2) is 8.17. The fourth-order valence-electron chi connectivity index (χ4n) is 3.37. The lowest BCUT2D eigenvalue weighted by molar-refractivity contribution is 0.0613. The van der Waals surface area contributed by atoms with Crippen molar-refractivity contribution in [2.75, 3.05) is 0 Å². The summed E-state index contributed by atoms with van der Waals surface area (Å²) in [7, 11) is 0. The first-order valence-electron chi connectivity index (χ1n) is 9.31. The third kappa shape index (κ3) is 4.08. The first-order valence-corrected chi connectivity index (χ1v) is 9.31. The van der Waals surface area contributed by atoms with Crippen LogP contribution in [0.1, 0.15) is 65.9 Å². The maximum absolute atomic E-state index is 13.0. The number of carbonyl (C=O) groups is 2. The molecule has 2 amide bonds. The maximum atomic E-state index is 13.0. The van der Waals surface area contributed by atoms with Crippen molar-refractivity contribution in [1.82, 2.24) is 4.90 Å². The van der Waals surface area contributed by atoms with Gasteiger partial charge in [0, 0.05) is 0 Å². The Morgan fingerprint density at radius 2 is 1.44 bits per heavy atom. The highest BCUT2D eigenvalue weighted by Gasteiger charge is 2.39. The molecule has 0 aromatic heterocycles. The van der Waals surface area contributed by atoms with Crippen molar-refractivity contribution in [1.29, 1.82) is 0 Å². The predicted molar refractivity (Wildman–Crippen MR) is 109 cm³/mol. The number of fused-ring (bicyclic) bond motifs is 1. The molecular weight excluding hydrogens is 334 g/mol. The molecule has 0 N–H and O–H groups in total. The molecule has 0 radical (unpaired) electrons. The third-order valence-corrected chi connectivity index (χ3v) is 4.78. The average Bonchev–Trinajstić information content (AvgIpc) is 2.91. The molecular formula is C24H25NO2. The highest BCUT2D eigenvalue weighted by Crippen LogP contribution is 2.33. The SMILES string of the molecule is CC(C)=CCCC(C)=CC(c1ccccc1)N1C(=O)c2ccccc2C1=O. The second-order valence-corrected chi connectivity index (χ2v) is 7.21. The van der Waals surface area contributed by atoms with Crippen LogP contribution in [0.4, 0.5) is 0 Å². The Kier molecular flexibility index (Phi) is 5.70. The van der Waals surface area contributed by atoms with Gasteiger partial charge in [0.15, 0.2) is 0 Å². The molecule has 0 saturated heterocycles. The van der Waals surface area contributed by atoms with Crippen molar-refractivity contribution < 1.29 is 9.59 Å². The Bertz CT molecular complexity index is 870. The van der Waals surface area contributed by atoms with Gasteiger partial charge in [-0.3, -0.25) is 14.5 Å². The molecule has 2 aromatic rings. The van der Waals surface area contributed by atoms with Gasteiger partial charge < -0.3 is 0 Å². The number of rotatable bonds is 6. The summed E-state index contributed by atoms with van der Waals surface area (Å²) >= 11 is 0. The maximum Gasteiger partial charge on any atom is 0.262 e. The van der Waals surface area contributed by atoms with Crippen LogP contribution in [0.5, 0.6) is 0 Å². The van der Waals surface area contributed by atoms with Crippen molar-refractivity contribution in [3.05, 3.63) is 94.6 Å². The summed E-state index contributed by atoms with van der Waals surface area (Å²) in [6.45, 7) is 6.24. The van der Waals surface area contributed by atoms with Gasteiger partial charge in [-0.25, -0.2) is 0 Å². The van der Waals surface area contributed by atoms with Crippen LogP contribution >= 0.6 is 0 Å². The number of hydrogen-bond acceptors (Lipinski definition) is 2. The smallest absolute Gasteiger partial charge is 0.262 e. The van der Waals surface area contributed by atoms with Crippen LogP contribution in [0.2, 0.25) is 0 Å². The molecule has 0 spiro atoms. The van der Waals surface area contributed by atoms with Gasteiger partial charge in [0.25, 0.3) is 11.8 Å². The molecule has 3 nitrogen and oxygen atoms in total. The monoisotopic (exact) mass is 359 g/mol. The van der Waals surface area contributed by atoms with Crippen LogP contribution in [0.3, 0.4) is 0 Å². The second-order valence-electron chi connectivity index (χ2n) is 7.21. The van der Waals surface area contributed by atoms with Crippen LogP contribution in [0.15, 0.2) is 77.9 Å². The van der Waals surface area contributed by atoms with E-state index in [2.05, 4.69) is 32.9 Å². The molecule has 1 aliphatic rings. The number of amides is 2. The van der Waals surface area contributed by atoms with Gasteiger partial charge in [0.05, 0.1) is 17.2 Å². The Hall–Kier alpha value is -2.94. The van der Waals surface area contributed by atoms with E-state index < -0.39 is 6.04 Å². The number of benzene rings is 2. The van der Waals surface area contributed by atoms with Gasteiger partial charge in [-0.2, -0.15) is 0 Å². The summed E-state index contributed by atoms with van der Waals surface area (Å²) < 4.78 is 0. The van der Waals surface area contributed by atoms with Crippen molar-refractivity contribution in [2.24, 2.45) is 0 Å². The first-order chi connectivity index (χ1) is 13.0. The lowest BCUT2D eigenvalue weighted by atomic mass is 10.0. The van der Waals surface area contributed by atoms with Crippen molar-refractivity contribution >= 4 is 11.8 Å². The zero-order chi connectivity index (χ0) is 19.4. The molecule has 0 bridgehead atoms. The van der Waals surface area contributed by atoms with E-state index >= 15 is 0 Å². The molecule has 1 aliphatic heterocycles. The van der Waals surface area contributed by atoms with Crippen molar-refractivity contribution in [3.63, 3.8) is 0 Å². The van der Waals surface area contributed by atoms with E-state index in [-0.39, 0.29) is 11.8 Å². The molecule has 1 atom stereocenters. The molecule has 27 heavy (non-hydrogen) atoms. The minimum Gasteiger partial charge on any atom is -0.269 e. The lowest BCUT2D eigenvalue weighted by Crippen LogP contribution is -2.33.